The third-order valence-electron chi connectivity index (χ3n) is 6.01. The van der Waals surface area contributed by atoms with Crippen molar-refractivity contribution in [3.8, 4) is 11.5 Å². The van der Waals surface area contributed by atoms with Crippen LogP contribution in [0.15, 0.2) is 18.2 Å². The molecule has 4 rings (SSSR count). The van der Waals surface area contributed by atoms with E-state index >= 15 is 0 Å². The lowest BCUT2D eigenvalue weighted by Gasteiger charge is -2.35. The van der Waals surface area contributed by atoms with E-state index in [1.165, 1.54) is 6.42 Å². The van der Waals surface area contributed by atoms with E-state index in [0.717, 1.165) is 25.3 Å². The molecule has 1 N–H and O–H groups in total. The summed E-state index contributed by atoms with van der Waals surface area (Å²) in [6.45, 7) is 9.72. The molecule has 0 bridgehead atoms. The number of hydrogen-bond donors (Lipinski definition) is 1. The Morgan fingerprint density at radius 3 is 2.59 bits per heavy atom. The normalized spacial score (nSPS) is 27.2. The fourth-order valence-electron chi connectivity index (χ4n) is 4.79. The Kier molecular flexibility index (Phi) is 5.94. The number of carbonyl (C=O) groups is 2. The Hall–Kier alpha value is -2.28. The van der Waals surface area contributed by atoms with Gasteiger partial charge in [0.1, 0.15) is 13.2 Å². The van der Waals surface area contributed by atoms with Gasteiger partial charge in [-0.3, -0.25) is 9.59 Å². The summed E-state index contributed by atoms with van der Waals surface area (Å²) in [5.41, 5.74) is 0.755. The highest BCUT2D eigenvalue weighted by molar-refractivity contribution is 6.00. The zero-order valence-corrected chi connectivity index (χ0v) is 17.4. The van der Waals surface area contributed by atoms with Crippen molar-refractivity contribution in [3.63, 3.8) is 0 Å². The second-order valence-corrected chi connectivity index (χ2v) is 8.73. The Labute approximate surface area is 172 Å². The van der Waals surface area contributed by atoms with Gasteiger partial charge in [-0.25, -0.2) is 0 Å². The van der Waals surface area contributed by atoms with Crippen LogP contribution in [-0.2, 0) is 9.59 Å². The maximum Gasteiger partial charge on any atom is 0.227 e. The van der Waals surface area contributed by atoms with Crippen LogP contribution in [0.1, 0.15) is 26.7 Å². The lowest BCUT2D eigenvalue weighted by atomic mass is 9.92. The number of amides is 2. The first-order valence-corrected chi connectivity index (χ1v) is 10.7. The minimum Gasteiger partial charge on any atom is -0.486 e. The van der Waals surface area contributed by atoms with Gasteiger partial charge >= 0.3 is 0 Å². The van der Waals surface area contributed by atoms with Gasteiger partial charge in [-0.1, -0.05) is 13.8 Å². The molecule has 0 saturated carbocycles. The average Bonchev–Trinajstić information content (AvgIpc) is 3.08. The number of hydrogen-bond acceptors (Lipinski definition) is 5. The van der Waals surface area contributed by atoms with Crippen molar-refractivity contribution in [3.05, 3.63) is 18.2 Å². The average molecular weight is 402 g/mol. The number of carbonyl (C=O) groups excluding carboxylic acids is 2. The van der Waals surface area contributed by atoms with Crippen molar-refractivity contribution in [2.75, 3.05) is 50.8 Å². The van der Waals surface area contributed by atoms with Crippen molar-refractivity contribution < 1.29 is 19.1 Å². The molecule has 3 aliphatic heterocycles. The van der Waals surface area contributed by atoms with Gasteiger partial charge in [0.15, 0.2) is 11.5 Å². The van der Waals surface area contributed by atoms with E-state index in [-0.39, 0.29) is 24.2 Å². The van der Waals surface area contributed by atoms with Crippen LogP contribution in [0.25, 0.3) is 0 Å². The SMILES string of the molecule is CC1CC(C)CN(CCNC(=O)C2CC(=O)N(c3ccc4c(c3)OCCO4)C2)C1. The Morgan fingerprint density at radius 1 is 1.10 bits per heavy atom. The Balaban J connectivity index is 1.29. The largest absolute Gasteiger partial charge is 0.486 e. The summed E-state index contributed by atoms with van der Waals surface area (Å²) in [6, 6.07) is 5.50. The molecule has 7 nitrogen and oxygen atoms in total. The molecule has 1 aromatic rings. The Morgan fingerprint density at radius 2 is 1.83 bits per heavy atom. The molecule has 158 valence electrons. The van der Waals surface area contributed by atoms with Crippen molar-refractivity contribution in [1.82, 2.24) is 10.2 Å². The number of nitrogens with zero attached hydrogens (tertiary/aromatic N) is 2. The van der Waals surface area contributed by atoms with Crippen molar-refractivity contribution in [2.24, 2.45) is 17.8 Å². The van der Waals surface area contributed by atoms with E-state index in [9.17, 15) is 9.59 Å². The molecule has 2 fully saturated rings. The molecule has 1 aromatic carbocycles. The second kappa shape index (κ2) is 8.61. The molecular formula is C22H31N3O4. The third kappa shape index (κ3) is 4.66. The molecule has 0 aromatic heterocycles. The zero-order chi connectivity index (χ0) is 20.4. The maximum absolute atomic E-state index is 12.6. The minimum atomic E-state index is -0.310. The van der Waals surface area contributed by atoms with Gasteiger partial charge in [0, 0.05) is 50.9 Å². The van der Waals surface area contributed by atoms with Gasteiger partial charge in [0.25, 0.3) is 0 Å². The van der Waals surface area contributed by atoms with Crippen molar-refractivity contribution in [1.29, 1.82) is 0 Å². The summed E-state index contributed by atoms with van der Waals surface area (Å²) < 4.78 is 11.2. The maximum atomic E-state index is 12.6. The predicted octanol–water partition coefficient (Wildman–Crippen LogP) is 1.90. The molecule has 2 saturated heterocycles. The van der Waals surface area contributed by atoms with E-state index in [4.69, 9.17) is 9.47 Å². The molecule has 29 heavy (non-hydrogen) atoms. The molecule has 3 atom stereocenters. The highest BCUT2D eigenvalue weighted by Crippen LogP contribution is 2.36. The first-order chi connectivity index (χ1) is 14.0. The van der Waals surface area contributed by atoms with Crippen LogP contribution in [0.4, 0.5) is 5.69 Å². The standard InChI is InChI=1S/C22H31N3O4/c1-15-9-16(2)13-24(12-15)6-5-23-22(27)17-10-21(26)25(14-17)18-3-4-19-20(11-18)29-8-7-28-19/h3-4,11,15-17H,5-10,12-14H2,1-2H3,(H,23,27). The topological polar surface area (TPSA) is 71.1 Å². The summed E-state index contributed by atoms with van der Waals surface area (Å²) in [6.07, 6.45) is 1.53. The first-order valence-electron chi connectivity index (χ1n) is 10.7. The number of piperidine rings is 1. The molecule has 3 aliphatic rings. The van der Waals surface area contributed by atoms with Gasteiger partial charge in [0.05, 0.1) is 5.92 Å². The highest BCUT2D eigenvalue weighted by Gasteiger charge is 2.35. The molecule has 3 heterocycles. The smallest absolute Gasteiger partial charge is 0.227 e. The van der Waals surface area contributed by atoms with E-state index < -0.39 is 0 Å². The Bertz CT molecular complexity index is 758. The van der Waals surface area contributed by atoms with Crippen LogP contribution in [0.2, 0.25) is 0 Å². The number of fused-ring (bicyclic) bond motifs is 1. The first kappa shape index (κ1) is 20.0. The molecule has 2 amide bonds. The summed E-state index contributed by atoms with van der Waals surface area (Å²) in [4.78, 5) is 29.2. The molecule has 0 radical (unpaired) electrons. The number of benzene rings is 1. The third-order valence-corrected chi connectivity index (χ3v) is 6.01. The quantitative estimate of drug-likeness (QED) is 0.816. The predicted molar refractivity (Wildman–Crippen MR) is 110 cm³/mol. The van der Waals surface area contributed by atoms with Gasteiger partial charge in [-0.2, -0.15) is 0 Å². The van der Waals surface area contributed by atoms with Gasteiger partial charge in [-0.05, 0) is 30.4 Å². The number of anilines is 1. The number of likely N-dealkylation sites (tertiary alicyclic amines) is 1. The summed E-state index contributed by atoms with van der Waals surface area (Å²) >= 11 is 0. The molecule has 7 heteroatoms. The van der Waals surface area contributed by atoms with Crippen LogP contribution in [0.5, 0.6) is 11.5 Å². The van der Waals surface area contributed by atoms with E-state index in [1.807, 2.05) is 18.2 Å². The fraction of sp³-hybridized carbons (Fsp3) is 0.636. The zero-order valence-electron chi connectivity index (χ0n) is 17.4. The van der Waals surface area contributed by atoms with E-state index in [2.05, 4.69) is 24.1 Å². The molecular weight excluding hydrogens is 370 g/mol. The monoisotopic (exact) mass is 401 g/mol. The lowest BCUT2D eigenvalue weighted by Crippen LogP contribution is -2.44. The van der Waals surface area contributed by atoms with Crippen molar-refractivity contribution in [2.45, 2.75) is 26.7 Å². The van der Waals surface area contributed by atoms with Crippen LogP contribution >= 0.6 is 0 Å². The number of rotatable bonds is 5. The minimum absolute atomic E-state index is 0.0273. The van der Waals surface area contributed by atoms with Gasteiger partial charge < -0.3 is 24.6 Å². The number of nitrogens with one attached hydrogen (secondary N) is 1. The highest BCUT2D eigenvalue weighted by atomic mass is 16.6. The van der Waals surface area contributed by atoms with Crippen LogP contribution in [-0.4, -0.2) is 62.7 Å². The molecule has 0 spiro atoms. The molecule has 0 aliphatic carbocycles. The summed E-state index contributed by atoms with van der Waals surface area (Å²) in [7, 11) is 0. The van der Waals surface area contributed by atoms with Crippen LogP contribution in [0.3, 0.4) is 0 Å². The van der Waals surface area contributed by atoms with E-state index in [1.54, 1.807) is 4.90 Å². The lowest BCUT2D eigenvalue weighted by molar-refractivity contribution is -0.126. The van der Waals surface area contributed by atoms with Crippen molar-refractivity contribution >= 4 is 17.5 Å². The summed E-state index contributed by atoms with van der Waals surface area (Å²) in [5.74, 6) is 2.40. The van der Waals surface area contributed by atoms with Crippen LogP contribution in [0, 0.1) is 17.8 Å². The van der Waals surface area contributed by atoms with Gasteiger partial charge in [-0.15, -0.1) is 0 Å². The summed E-state index contributed by atoms with van der Waals surface area (Å²) in [5, 5.41) is 3.04. The molecule has 3 unspecified atom stereocenters. The van der Waals surface area contributed by atoms with Gasteiger partial charge in [0.2, 0.25) is 11.8 Å². The fourth-order valence-corrected chi connectivity index (χ4v) is 4.79. The number of ether oxygens (including phenoxy) is 2. The second-order valence-electron chi connectivity index (χ2n) is 8.73. The van der Waals surface area contributed by atoms with Crippen LogP contribution < -0.4 is 19.7 Å². The van der Waals surface area contributed by atoms with E-state index in [0.29, 0.717) is 49.6 Å².